The van der Waals surface area contributed by atoms with E-state index in [2.05, 4.69) is 26.2 Å². The largest absolute Gasteiger partial charge is 0.438 e. The van der Waals surface area contributed by atoms with Gasteiger partial charge >= 0.3 is 0 Å². The molecule has 0 saturated heterocycles. The highest BCUT2D eigenvalue weighted by atomic mass is 79.9. The Kier molecular flexibility index (Phi) is 4.58. The molecule has 3 nitrogen and oxygen atoms in total. The Morgan fingerprint density at radius 3 is 2.94 bits per heavy atom. The minimum Gasteiger partial charge on any atom is -0.438 e. The number of benzene rings is 1. The third-order valence-electron chi connectivity index (χ3n) is 2.27. The van der Waals surface area contributed by atoms with Crippen LogP contribution in [0.5, 0.6) is 11.6 Å². The fourth-order valence-electron chi connectivity index (χ4n) is 1.51. The molecule has 1 N–H and O–H groups in total. The molecule has 0 unspecified atom stereocenters. The first-order valence-corrected chi connectivity index (χ1v) is 6.58. The topological polar surface area (TPSA) is 34.1 Å². The van der Waals surface area contributed by atoms with Crippen molar-refractivity contribution in [3.05, 3.63) is 51.6 Å². The molecule has 0 bridgehead atoms. The van der Waals surface area contributed by atoms with Gasteiger partial charge in [0.1, 0.15) is 10.8 Å². The maximum atomic E-state index is 6.05. The summed E-state index contributed by atoms with van der Waals surface area (Å²) >= 11 is 9.35. The fourth-order valence-corrected chi connectivity index (χ4v) is 2.18. The summed E-state index contributed by atoms with van der Waals surface area (Å²) in [5, 5.41) is 3.57. The molecule has 5 heteroatoms. The summed E-state index contributed by atoms with van der Waals surface area (Å²) in [5.74, 6) is 1.13. The highest BCUT2D eigenvalue weighted by Crippen LogP contribution is 2.29. The minimum absolute atomic E-state index is 0.404. The lowest BCUT2D eigenvalue weighted by Crippen LogP contribution is -2.04. The van der Waals surface area contributed by atoms with Gasteiger partial charge in [0, 0.05) is 17.2 Å². The van der Waals surface area contributed by atoms with E-state index in [0.717, 1.165) is 22.3 Å². The first-order valence-electron chi connectivity index (χ1n) is 5.41. The molecule has 18 heavy (non-hydrogen) atoms. The highest BCUT2D eigenvalue weighted by molar-refractivity contribution is 9.10. The first kappa shape index (κ1) is 13.3. The summed E-state index contributed by atoms with van der Waals surface area (Å²) in [5.41, 5.74) is 1.14. The second-order valence-corrected chi connectivity index (χ2v) is 5.04. The van der Waals surface area contributed by atoms with Crippen molar-refractivity contribution in [2.24, 2.45) is 0 Å². The Bertz CT molecular complexity index is 548. The van der Waals surface area contributed by atoms with E-state index in [9.17, 15) is 0 Å². The fraction of sp³-hybridized carbons (Fsp3) is 0.154. The number of pyridine rings is 1. The molecule has 0 atom stereocenters. The van der Waals surface area contributed by atoms with Crippen LogP contribution in [0, 0.1) is 0 Å². The van der Waals surface area contributed by atoms with Gasteiger partial charge in [-0.3, -0.25) is 0 Å². The van der Waals surface area contributed by atoms with Crippen LogP contribution in [0.15, 0.2) is 41.0 Å². The molecule has 0 aliphatic rings. The van der Waals surface area contributed by atoms with Gasteiger partial charge < -0.3 is 10.1 Å². The van der Waals surface area contributed by atoms with Crippen LogP contribution in [-0.2, 0) is 6.54 Å². The molecule has 0 saturated carbocycles. The van der Waals surface area contributed by atoms with Crippen LogP contribution in [-0.4, -0.2) is 12.0 Å². The molecule has 1 aromatic carbocycles. The summed E-state index contributed by atoms with van der Waals surface area (Å²) in [6.07, 6.45) is 1.65. The van der Waals surface area contributed by atoms with E-state index in [1.165, 1.54) is 0 Å². The van der Waals surface area contributed by atoms with Gasteiger partial charge in [-0.2, -0.15) is 0 Å². The zero-order chi connectivity index (χ0) is 13.0. The van der Waals surface area contributed by atoms with Gasteiger partial charge in [-0.05, 0) is 46.7 Å². The zero-order valence-corrected chi connectivity index (χ0v) is 12.1. The molecule has 0 aliphatic heterocycles. The molecule has 94 valence electrons. The quantitative estimate of drug-likeness (QED) is 0.921. The maximum Gasteiger partial charge on any atom is 0.238 e. The number of nitrogens with one attached hydrogen (secondary N) is 1. The Hall–Kier alpha value is -1.10. The molecule has 0 amide bonds. The van der Waals surface area contributed by atoms with Crippen LogP contribution < -0.4 is 10.1 Å². The van der Waals surface area contributed by atoms with Crippen LogP contribution in [0.4, 0.5) is 0 Å². The second-order valence-electron chi connectivity index (χ2n) is 3.72. The monoisotopic (exact) mass is 326 g/mol. The van der Waals surface area contributed by atoms with Gasteiger partial charge in [-0.1, -0.05) is 23.7 Å². The van der Waals surface area contributed by atoms with E-state index >= 15 is 0 Å². The van der Waals surface area contributed by atoms with Gasteiger partial charge in [0.25, 0.3) is 0 Å². The number of hydrogen-bond donors (Lipinski definition) is 1. The number of hydrogen-bond acceptors (Lipinski definition) is 3. The molecular formula is C13H12BrClN2O. The van der Waals surface area contributed by atoms with Crippen molar-refractivity contribution >= 4 is 27.5 Å². The lowest BCUT2D eigenvalue weighted by Gasteiger charge is -2.08. The van der Waals surface area contributed by atoms with Crippen LogP contribution in [0.25, 0.3) is 0 Å². The van der Waals surface area contributed by atoms with Crippen LogP contribution in [0.2, 0.25) is 5.02 Å². The van der Waals surface area contributed by atoms with Crippen molar-refractivity contribution in [3.63, 3.8) is 0 Å². The summed E-state index contributed by atoms with van der Waals surface area (Å²) in [7, 11) is 1.90. The Morgan fingerprint density at radius 2 is 2.22 bits per heavy atom. The minimum atomic E-state index is 0.404. The third-order valence-corrected chi connectivity index (χ3v) is 2.97. The van der Waals surface area contributed by atoms with Gasteiger partial charge in [-0.15, -0.1) is 0 Å². The average Bonchev–Trinajstić information content (AvgIpc) is 2.34. The van der Waals surface area contributed by atoms with Crippen molar-refractivity contribution in [1.29, 1.82) is 0 Å². The van der Waals surface area contributed by atoms with Crippen LogP contribution >= 0.6 is 27.5 Å². The van der Waals surface area contributed by atoms with Crippen LogP contribution in [0.3, 0.4) is 0 Å². The predicted molar refractivity (Wildman–Crippen MR) is 76.2 cm³/mol. The van der Waals surface area contributed by atoms with Crippen molar-refractivity contribution in [2.45, 2.75) is 6.54 Å². The van der Waals surface area contributed by atoms with E-state index in [-0.39, 0.29) is 0 Å². The molecule has 1 aromatic heterocycles. The maximum absolute atomic E-state index is 6.05. The van der Waals surface area contributed by atoms with E-state index in [1.807, 2.05) is 31.3 Å². The van der Waals surface area contributed by atoms with Gasteiger partial charge in [-0.25, -0.2) is 4.98 Å². The zero-order valence-electron chi connectivity index (χ0n) is 9.78. The lowest BCUT2D eigenvalue weighted by molar-refractivity contribution is 0.462. The second kappa shape index (κ2) is 6.18. The molecule has 0 fully saturated rings. The SMILES string of the molecule is CNCc1cccc(Oc2ncc(Br)cc2Cl)c1. The third kappa shape index (κ3) is 3.45. The molecule has 0 spiro atoms. The van der Waals surface area contributed by atoms with Crippen LogP contribution in [0.1, 0.15) is 5.56 Å². The molecular weight excluding hydrogens is 316 g/mol. The van der Waals surface area contributed by atoms with E-state index < -0.39 is 0 Å². The predicted octanol–water partition coefficient (Wildman–Crippen LogP) is 4.01. The molecule has 0 aliphatic carbocycles. The highest BCUT2D eigenvalue weighted by Gasteiger charge is 2.05. The summed E-state index contributed by atoms with van der Waals surface area (Å²) < 4.78 is 6.48. The van der Waals surface area contributed by atoms with Gasteiger partial charge in [0.2, 0.25) is 5.88 Å². The molecule has 2 rings (SSSR count). The lowest BCUT2D eigenvalue weighted by atomic mass is 10.2. The van der Waals surface area contributed by atoms with Gasteiger partial charge in [0.15, 0.2) is 0 Å². The molecule has 0 radical (unpaired) electrons. The van der Waals surface area contributed by atoms with Gasteiger partial charge in [0.05, 0.1) is 0 Å². The number of halogens is 2. The Labute approximate surface area is 119 Å². The standard InChI is InChI=1S/C13H12BrClN2O/c1-16-7-9-3-2-4-11(5-9)18-13-12(15)6-10(14)8-17-13/h2-6,8,16H,7H2,1H3. The van der Waals surface area contributed by atoms with Crippen molar-refractivity contribution in [3.8, 4) is 11.6 Å². The Balaban J connectivity index is 2.20. The Morgan fingerprint density at radius 1 is 1.39 bits per heavy atom. The average molecular weight is 328 g/mol. The number of rotatable bonds is 4. The van der Waals surface area contributed by atoms with E-state index in [1.54, 1.807) is 12.3 Å². The first-order chi connectivity index (χ1) is 8.69. The smallest absolute Gasteiger partial charge is 0.238 e. The van der Waals surface area contributed by atoms with Crippen molar-refractivity contribution < 1.29 is 4.74 Å². The summed E-state index contributed by atoms with van der Waals surface area (Å²) in [6, 6.07) is 9.55. The molecule has 1 heterocycles. The van der Waals surface area contributed by atoms with E-state index in [0.29, 0.717) is 10.9 Å². The normalized spacial score (nSPS) is 10.4. The van der Waals surface area contributed by atoms with Crippen molar-refractivity contribution in [1.82, 2.24) is 10.3 Å². The summed E-state index contributed by atoms with van der Waals surface area (Å²) in [4.78, 5) is 4.13. The summed E-state index contributed by atoms with van der Waals surface area (Å²) in [6.45, 7) is 0.790. The van der Waals surface area contributed by atoms with E-state index in [4.69, 9.17) is 16.3 Å². The number of aromatic nitrogens is 1. The van der Waals surface area contributed by atoms with Crippen molar-refractivity contribution in [2.75, 3.05) is 7.05 Å². The number of nitrogens with zero attached hydrogens (tertiary/aromatic N) is 1. The molecule has 2 aromatic rings. The number of ether oxygens (including phenoxy) is 1.